The number of benzene rings is 1. The Morgan fingerprint density at radius 2 is 2.18 bits per heavy atom. The van der Waals surface area contributed by atoms with E-state index in [-0.39, 0.29) is 0 Å². The molecule has 1 N–H and O–H groups in total. The maximum absolute atomic E-state index is 3.52. The molecular weight excluding hydrogens is 294 g/mol. The topological polar surface area (TPSA) is 12.0 Å². The summed E-state index contributed by atoms with van der Waals surface area (Å²) in [7, 11) is 0. The molecule has 0 bridgehead atoms. The van der Waals surface area contributed by atoms with Gasteiger partial charge in [-0.2, -0.15) is 11.3 Å². The van der Waals surface area contributed by atoms with Gasteiger partial charge in [-0.3, -0.25) is 0 Å². The fourth-order valence-corrected chi connectivity index (χ4v) is 3.03. The third-order valence-electron chi connectivity index (χ3n) is 2.62. The van der Waals surface area contributed by atoms with Gasteiger partial charge in [0.1, 0.15) is 0 Å². The highest BCUT2D eigenvalue weighted by Crippen LogP contribution is 2.29. The minimum Gasteiger partial charge on any atom is -0.313 e. The van der Waals surface area contributed by atoms with Crippen molar-refractivity contribution in [3.63, 3.8) is 0 Å². The predicted octanol–water partition coefficient (Wildman–Crippen LogP) is 4.68. The van der Waals surface area contributed by atoms with E-state index in [1.165, 1.54) is 23.1 Å². The van der Waals surface area contributed by atoms with Crippen molar-refractivity contribution < 1.29 is 0 Å². The average molecular weight is 310 g/mol. The fourth-order valence-electron chi connectivity index (χ4n) is 1.77. The summed E-state index contributed by atoms with van der Waals surface area (Å²) in [5, 5.41) is 7.92. The van der Waals surface area contributed by atoms with Crippen LogP contribution in [0, 0.1) is 0 Å². The molecule has 0 unspecified atom stereocenters. The summed E-state index contributed by atoms with van der Waals surface area (Å²) in [5.74, 6) is 0. The maximum Gasteiger partial charge on any atom is 0.0219 e. The van der Waals surface area contributed by atoms with Gasteiger partial charge in [-0.1, -0.05) is 35.0 Å². The lowest BCUT2D eigenvalue weighted by Gasteiger charge is -2.06. The van der Waals surface area contributed by atoms with Crippen LogP contribution in [0.15, 0.2) is 39.5 Å². The minimum absolute atomic E-state index is 0.958. The van der Waals surface area contributed by atoms with Gasteiger partial charge in [0.25, 0.3) is 0 Å². The molecule has 1 aromatic heterocycles. The van der Waals surface area contributed by atoms with Crippen molar-refractivity contribution in [1.82, 2.24) is 5.32 Å². The lowest BCUT2D eigenvalue weighted by Crippen LogP contribution is -2.13. The Balaban J connectivity index is 2.18. The van der Waals surface area contributed by atoms with E-state index >= 15 is 0 Å². The van der Waals surface area contributed by atoms with Crippen LogP contribution < -0.4 is 5.32 Å². The van der Waals surface area contributed by atoms with Crippen molar-refractivity contribution in [1.29, 1.82) is 0 Å². The zero-order valence-corrected chi connectivity index (χ0v) is 12.3. The molecule has 0 atom stereocenters. The summed E-state index contributed by atoms with van der Waals surface area (Å²) in [5.41, 5.74) is 4.02. The summed E-state index contributed by atoms with van der Waals surface area (Å²) >= 11 is 5.29. The first-order valence-electron chi connectivity index (χ1n) is 5.83. The summed E-state index contributed by atoms with van der Waals surface area (Å²) in [6, 6.07) is 8.48. The second kappa shape index (κ2) is 6.34. The highest BCUT2D eigenvalue weighted by molar-refractivity contribution is 9.10. The van der Waals surface area contributed by atoms with Crippen LogP contribution >= 0.6 is 27.3 Å². The fraction of sp³-hybridized carbons (Fsp3) is 0.286. The van der Waals surface area contributed by atoms with Crippen molar-refractivity contribution in [2.24, 2.45) is 0 Å². The van der Waals surface area contributed by atoms with Crippen LogP contribution in [0.25, 0.3) is 11.1 Å². The normalized spacial score (nSPS) is 10.7. The lowest BCUT2D eigenvalue weighted by atomic mass is 10.1. The summed E-state index contributed by atoms with van der Waals surface area (Å²) in [4.78, 5) is 0. The van der Waals surface area contributed by atoms with Gasteiger partial charge < -0.3 is 5.32 Å². The van der Waals surface area contributed by atoms with Gasteiger partial charge in [-0.15, -0.1) is 0 Å². The van der Waals surface area contributed by atoms with Crippen LogP contribution in [0.2, 0.25) is 0 Å². The Hall–Kier alpha value is -0.640. The molecule has 0 fully saturated rings. The molecule has 3 heteroatoms. The lowest BCUT2D eigenvalue weighted by molar-refractivity contribution is 0.677. The van der Waals surface area contributed by atoms with E-state index in [9.17, 15) is 0 Å². The quantitative estimate of drug-likeness (QED) is 0.791. The molecule has 0 radical (unpaired) electrons. The van der Waals surface area contributed by atoms with Gasteiger partial charge in [0.15, 0.2) is 0 Å². The van der Waals surface area contributed by atoms with E-state index in [1.807, 2.05) is 0 Å². The number of hydrogen-bond donors (Lipinski definition) is 1. The summed E-state index contributed by atoms with van der Waals surface area (Å²) < 4.78 is 1.13. The Morgan fingerprint density at radius 1 is 1.29 bits per heavy atom. The molecule has 1 aromatic carbocycles. The van der Waals surface area contributed by atoms with Crippen molar-refractivity contribution in [2.75, 3.05) is 6.54 Å². The predicted molar refractivity (Wildman–Crippen MR) is 79.5 cm³/mol. The smallest absolute Gasteiger partial charge is 0.0219 e. The second-order valence-electron chi connectivity index (χ2n) is 4.00. The zero-order chi connectivity index (χ0) is 12.1. The van der Waals surface area contributed by atoms with E-state index in [4.69, 9.17) is 0 Å². The summed E-state index contributed by atoms with van der Waals surface area (Å²) in [6.07, 6.45) is 1.18. The van der Waals surface area contributed by atoms with E-state index in [0.29, 0.717) is 0 Å². The molecule has 0 spiro atoms. The van der Waals surface area contributed by atoms with Gasteiger partial charge >= 0.3 is 0 Å². The highest BCUT2D eigenvalue weighted by Gasteiger charge is 2.06. The second-order valence-corrected chi connectivity index (χ2v) is 5.66. The minimum atomic E-state index is 0.958. The van der Waals surface area contributed by atoms with Gasteiger partial charge in [0.05, 0.1) is 0 Å². The van der Waals surface area contributed by atoms with Gasteiger partial charge in [0.2, 0.25) is 0 Å². The molecule has 0 aliphatic carbocycles. The molecule has 0 aliphatic heterocycles. The number of thiophene rings is 1. The largest absolute Gasteiger partial charge is 0.313 e. The molecule has 17 heavy (non-hydrogen) atoms. The summed E-state index contributed by atoms with van der Waals surface area (Å²) in [6.45, 7) is 4.22. The number of nitrogens with one attached hydrogen (secondary N) is 1. The third-order valence-corrected chi connectivity index (χ3v) is 3.91. The van der Waals surface area contributed by atoms with Crippen molar-refractivity contribution in [2.45, 2.75) is 19.9 Å². The number of halogens is 1. The highest BCUT2D eigenvalue weighted by atomic mass is 79.9. The molecule has 0 aliphatic rings. The first-order chi connectivity index (χ1) is 8.31. The Kier molecular flexibility index (Phi) is 4.77. The molecule has 1 nitrogen and oxygen atoms in total. The molecular formula is C14H16BrNS. The number of rotatable bonds is 5. The third kappa shape index (κ3) is 3.41. The SMILES string of the molecule is CCCNCc1cscc1-c1cccc(Br)c1. The van der Waals surface area contributed by atoms with Crippen LogP contribution in [0.4, 0.5) is 0 Å². The van der Waals surface area contributed by atoms with Crippen LogP contribution in [-0.2, 0) is 6.54 Å². The molecule has 0 saturated heterocycles. The molecule has 2 rings (SSSR count). The van der Waals surface area contributed by atoms with Crippen molar-refractivity contribution in [3.8, 4) is 11.1 Å². The van der Waals surface area contributed by atoms with E-state index < -0.39 is 0 Å². The van der Waals surface area contributed by atoms with Crippen molar-refractivity contribution in [3.05, 3.63) is 45.1 Å². The number of hydrogen-bond acceptors (Lipinski definition) is 2. The van der Waals surface area contributed by atoms with Gasteiger partial charge in [-0.25, -0.2) is 0 Å². The van der Waals surface area contributed by atoms with E-state index in [0.717, 1.165) is 17.6 Å². The van der Waals surface area contributed by atoms with Crippen LogP contribution in [0.1, 0.15) is 18.9 Å². The first-order valence-corrected chi connectivity index (χ1v) is 7.56. The molecule has 2 aromatic rings. The molecule has 1 heterocycles. The zero-order valence-electron chi connectivity index (χ0n) is 9.87. The van der Waals surface area contributed by atoms with Crippen LogP contribution in [-0.4, -0.2) is 6.54 Å². The molecule has 0 saturated carbocycles. The van der Waals surface area contributed by atoms with Gasteiger partial charge in [0, 0.05) is 11.0 Å². The van der Waals surface area contributed by atoms with E-state index in [1.54, 1.807) is 11.3 Å². The van der Waals surface area contributed by atoms with Crippen LogP contribution in [0.3, 0.4) is 0 Å². The Labute approximate surface area is 115 Å². The van der Waals surface area contributed by atoms with E-state index in [2.05, 4.69) is 63.2 Å². The first kappa shape index (κ1) is 12.8. The Bertz CT molecular complexity index is 479. The van der Waals surface area contributed by atoms with Crippen molar-refractivity contribution >= 4 is 27.3 Å². The van der Waals surface area contributed by atoms with Crippen LogP contribution in [0.5, 0.6) is 0 Å². The maximum atomic E-state index is 3.52. The monoisotopic (exact) mass is 309 g/mol. The molecule has 90 valence electrons. The molecule has 0 amide bonds. The standard InChI is InChI=1S/C14H16BrNS/c1-2-6-16-8-12-9-17-10-14(12)11-4-3-5-13(15)7-11/h3-5,7,9-10,16H,2,6,8H2,1H3. The Morgan fingerprint density at radius 3 is 2.94 bits per heavy atom. The van der Waals surface area contributed by atoms with Gasteiger partial charge in [-0.05, 0) is 52.5 Å². The average Bonchev–Trinajstić information content (AvgIpc) is 2.78.